The average molecular weight is 1060 g/mol. The zero-order valence-corrected chi connectivity index (χ0v) is 44.8. The second-order valence-electron chi connectivity index (χ2n) is 20.7. The van der Waals surface area contributed by atoms with E-state index < -0.39 is 0 Å². The number of benzene rings is 8. The van der Waals surface area contributed by atoms with Crippen LogP contribution >= 0.6 is 0 Å². The van der Waals surface area contributed by atoms with Gasteiger partial charge in [0.05, 0.1) is 65.5 Å². The van der Waals surface area contributed by atoms with E-state index in [1.807, 2.05) is 0 Å². The van der Waals surface area contributed by atoms with E-state index in [9.17, 15) is 5.26 Å². The van der Waals surface area contributed by atoms with Gasteiger partial charge in [-0.15, -0.1) is 0 Å². The molecule has 0 bridgehead atoms. The van der Waals surface area contributed by atoms with Crippen molar-refractivity contribution < 1.29 is 18.9 Å². The molecule has 13 rings (SSSR count). The first-order chi connectivity index (χ1) is 39.6. The van der Waals surface area contributed by atoms with Crippen molar-refractivity contribution in [2.75, 3.05) is 135 Å². The molecule has 80 heavy (non-hydrogen) atoms. The van der Waals surface area contributed by atoms with E-state index in [1.54, 1.807) is 0 Å². The molecule has 0 N–H and O–H groups in total. The number of morpholine rings is 4. The predicted molar refractivity (Wildman–Crippen MR) is 322 cm³/mol. The Morgan fingerprint density at radius 2 is 0.600 bits per heavy atom. The van der Waals surface area contributed by atoms with Crippen LogP contribution in [0, 0.1) is 17.9 Å². The van der Waals surface area contributed by atoms with Crippen LogP contribution in [-0.4, -0.2) is 105 Å². The summed E-state index contributed by atoms with van der Waals surface area (Å²) in [6.07, 6.45) is 0. The molecule has 4 aliphatic heterocycles. The Morgan fingerprint density at radius 3 is 0.850 bits per heavy atom. The van der Waals surface area contributed by atoms with Gasteiger partial charge in [0, 0.05) is 115 Å². The monoisotopic (exact) mass is 1050 g/mol. The molecule has 0 radical (unpaired) electrons. The highest BCUT2D eigenvalue weighted by molar-refractivity contribution is 6.05. The molecule has 398 valence electrons. The Hall–Kier alpha value is -8.88. The summed E-state index contributed by atoms with van der Waals surface area (Å²) in [6, 6.07) is 67.9. The molecule has 0 saturated carbocycles. The van der Waals surface area contributed by atoms with Crippen molar-refractivity contribution >= 4 is 62.4 Å². The fraction of sp³-hybridized carbons (Fsp3) is 0.235. The standard InChI is InChI=1S/C68H62N8O4/c1-70-67(48-69)68-65-46-51(49-2-8-57(9-3-49)75(59-20-12-53(13-21-59)71-30-38-77-39-31-71)60-22-14-54(15-23-60)72-32-40-78-41-33-72)6-28-63(65)64-29-7-52(47-66(64)68)50-4-10-58(11-5-50)76(61-24-16-55(17-25-61)73-34-42-79-43-35-73)62-26-18-56(19-27-62)74-36-44-80-45-37-74/h2-29,46-47H,30-45H2. The molecule has 8 aromatic rings. The number of ether oxygens (including phenoxy) is 4. The number of nitriles is 1. The number of nitrogens with zero attached hydrogens (tertiary/aromatic N) is 8. The lowest BCUT2D eigenvalue weighted by Crippen LogP contribution is -2.36. The first-order valence-corrected chi connectivity index (χ1v) is 27.9. The average Bonchev–Trinajstić information content (AvgIpc) is 3.92. The van der Waals surface area contributed by atoms with Crippen LogP contribution in [0.25, 0.3) is 43.8 Å². The quantitative estimate of drug-likeness (QED) is 0.0866. The Labute approximate surface area is 468 Å². The van der Waals surface area contributed by atoms with Crippen molar-refractivity contribution in [3.63, 3.8) is 0 Å². The molecule has 4 saturated heterocycles. The summed E-state index contributed by atoms with van der Waals surface area (Å²) in [4.78, 5) is 18.0. The smallest absolute Gasteiger partial charge is 0.270 e. The Kier molecular flexibility index (Phi) is 14.4. The van der Waals surface area contributed by atoms with Crippen LogP contribution in [0.4, 0.5) is 56.9 Å². The van der Waals surface area contributed by atoms with E-state index in [4.69, 9.17) is 25.5 Å². The molecule has 4 heterocycles. The molecule has 0 atom stereocenters. The number of hydrogen-bond donors (Lipinski definition) is 0. The Morgan fingerprint density at radius 1 is 0.350 bits per heavy atom. The summed E-state index contributed by atoms with van der Waals surface area (Å²) in [5.74, 6) is 0. The first-order valence-electron chi connectivity index (χ1n) is 27.9. The van der Waals surface area contributed by atoms with Gasteiger partial charge in [0.25, 0.3) is 5.70 Å². The van der Waals surface area contributed by atoms with Gasteiger partial charge in [-0.1, -0.05) is 48.5 Å². The topological polar surface area (TPSA) is 84.5 Å². The van der Waals surface area contributed by atoms with Crippen LogP contribution in [0.15, 0.2) is 188 Å². The van der Waals surface area contributed by atoms with Gasteiger partial charge >= 0.3 is 0 Å². The van der Waals surface area contributed by atoms with E-state index in [0.717, 1.165) is 184 Å². The van der Waals surface area contributed by atoms with E-state index in [1.165, 1.54) is 22.7 Å². The number of rotatable bonds is 12. The van der Waals surface area contributed by atoms with Crippen molar-refractivity contribution in [2.24, 2.45) is 0 Å². The molecule has 8 aromatic carbocycles. The fourth-order valence-corrected chi connectivity index (χ4v) is 11.9. The van der Waals surface area contributed by atoms with Gasteiger partial charge in [-0.2, -0.15) is 0 Å². The van der Waals surface area contributed by atoms with Crippen LogP contribution in [0.2, 0.25) is 0 Å². The molecule has 0 aromatic heterocycles. The van der Waals surface area contributed by atoms with Gasteiger partial charge in [-0.05, 0) is 178 Å². The normalized spacial score (nSPS) is 16.1. The third-order valence-electron chi connectivity index (χ3n) is 16.2. The Balaban J connectivity index is 0.790. The Bertz CT molecular complexity index is 3230. The molecule has 12 nitrogen and oxygen atoms in total. The minimum atomic E-state index is 0.0786. The molecule has 0 spiro atoms. The molecule has 0 unspecified atom stereocenters. The highest BCUT2D eigenvalue weighted by atomic mass is 16.5. The zero-order valence-electron chi connectivity index (χ0n) is 44.8. The molecule has 1 aliphatic carbocycles. The lowest BCUT2D eigenvalue weighted by molar-refractivity contribution is 0.122. The largest absolute Gasteiger partial charge is 0.378 e. The second-order valence-corrected chi connectivity index (χ2v) is 20.7. The molecule has 12 heteroatoms. The maximum absolute atomic E-state index is 10.5. The lowest BCUT2D eigenvalue weighted by Gasteiger charge is -2.31. The summed E-state index contributed by atoms with van der Waals surface area (Å²) >= 11 is 0. The van der Waals surface area contributed by atoms with Gasteiger partial charge in [0.2, 0.25) is 0 Å². The van der Waals surface area contributed by atoms with Gasteiger partial charge in [0.1, 0.15) is 0 Å². The van der Waals surface area contributed by atoms with E-state index in [-0.39, 0.29) is 5.70 Å². The van der Waals surface area contributed by atoms with E-state index in [2.05, 4.69) is 222 Å². The summed E-state index contributed by atoms with van der Waals surface area (Å²) < 4.78 is 22.5. The molecule has 4 fully saturated rings. The van der Waals surface area contributed by atoms with Crippen LogP contribution in [-0.2, 0) is 18.9 Å². The lowest BCUT2D eigenvalue weighted by atomic mass is 9.96. The van der Waals surface area contributed by atoms with Crippen LogP contribution in [0.3, 0.4) is 0 Å². The predicted octanol–water partition coefficient (Wildman–Crippen LogP) is 13.5. The van der Waals surface area contributed by atoms with Crippen molar-refractivity contribution in [3.05, 3.63) is 210 Å². The summed E-state index contributed by atoms with van der Waals surface area (Å²) in [5.41, 5.74) is 19.7. The second kappa shape index (κ2) is 22.8. The zero-order chi connectivity index (χ0) is 53.8. The highest BCUT2D eigenvalue weighted by Crippen LogP contribution is 2.49. The van der Waals surface area contributed by atoms with Crippen LogP contribution < -0.4 is 29.4 Å². The molecule has 5 aliphatic rings. The van der Waals surface area contributed by atoms with Crippen molar-refractivity contribution in [2.45, 2.75) is 0 Å². The third-order valence-corrected chi connectivity index (χ3v) is 16.2. The summed E-state index contributed by atoms with van der Waals surface area (Å²) in [7, 11) is 0. The highest BCUT2D eigenvalue weighted by Gasteiger charge is 2.28. The van der Waals surface area contributed by atoms with Gasteiger partial charge in [-0.3, -0.25) is 0 Å². The molecular formula is C68H62N8O4. The maximum atomic E-state index is 10.5. The first kappa shape index (κ1) is 50.6. The molecular weight excluding hydrogens is 993 g/mol. The van der Waals surface area contributed by atoms with Crippen molar-refractivity contribution in [3.8, 4) is 39.4 Å². The maximum Gasteiger partial charge on any atom is 0.270 e. The number of fused-ring (bicyclic) bond motifs is 3. The van der Waals surface area contributed by atoms with Gasteiger partial charge in [0.15, 0.2) is 0 Å². The van der Waals surface area contributed by atoms with Gasteiger partial charge in [-0.25, -0.2) is 10.1 Å². The third kappa shape index (κ3) is 10.2. The van der Waals surface area contributed by atoms with Crippen LogP contribution in [0.5, 0.6) is 0 Å². The van der Waals surface area contributed by atoms with E-state index in [0.29, 0.717) is 5.57 Å². The van der Waals surface area contributed by atoms with Crippen molar-refractivity contribution in [1.29, 1.82) is 5.26 Å². The summed E-state index contributed by atoms with van der Waals surface area (Å²) in [6.45, 7) is 21.1. The van der Waals surface area contributed by atoms with Crippen molar-refractivity contribution in [1.82, 2.24) is 0 Å². The number of hydrogen-bond acceptors (Lipinski definition) is 11. The number of anilines is 10. The van der Waals surface area contributed by atoms with Crippen LogP contribution in [0.1, 0.15) is 11.1 Å². The van der Waals surface area contributed by atoms with Gasteiger partial charge < -0.3 is 48.3 Å². The minimum Gasteiger partial charge on any atom is -0.378 e. The molecule has 0 amide bonds. The SMILES string of the molecule is [C-]#[N+]C(C#N)=C1c2cc(-c3ccc(N(c4ccc(N5CCOCC5)cc4)c4ccc(N5CCOCC5)cc4)cc3)ccc2-c2ccc(-c3ccc(N(c4ccc(N5CCOCC5)cc4)c4ccc(N5CCOCC5)cc4)cc3)cc21. The minimum absolute atomic E-state index is 0.0786. The summed E-state index contributed by atoms with van der Waals surface area (Å²) in [5, 5.41) is 10.5. The number of allylic oxidation sites excluding steroid dienone is 1. The fourth-order valence-electron chi connectivity index (χ4n) is 11.9. The van der Waals surface area contributed by atoms with E-state index >= 15 is 0 Å².